The standard InChI is InChI=1S/C20H29N3O3S/c1-5-21-19(22-11-12-27(25)17-9-7-6-8-10-17)23-14-20(4,24)18-13-15(2)26-16(18)3/h6-10,13,24H,5,11-12,14H2,1-4H3,(H2,21,22,23). The summed E-state index contributed by atoms with van der Waals surface area (Å²) in [6, 6.07) is 11.2. The monoisotopic (exact) mass is 391 g/mol. The van der Waals surface area contributed by atoms with Gasteiger partial charge in [-0.3, -0.25) is 4.21 Å². The van der Waals surface area contributed by atoms with Gasteiger partial charge < -0.3 is 20.2 Å². The van der Waals surface area contributed by atoms with Gasteiger partial charge in [0.05, 0.1) is 17.3 Å². The zero-order valence-corrected chi connectivity index (χ0v) is 17.2. The molecular weight excluding hydrogens is 362 g/mol. The minimum Gasteiger partial charge on any atom is -0.466 e. The molecule has 0 aliphatic rings. The highest BCUT2D eigenvalue weighted by molar-refractivity contribution is 7.85. The highest BCUT2D eigenvalue weighted by atomic mass is 32.2. The molecule has 0 spiro atoms. The molecule has 1 heterocycles. The molecule has 7 heteroatoms. The van der Waals surface area contributed by atoms with Crippen LogP contribution >= 0.6 is 0 Å². The van der Waals surface area contributed by atoms with E-state index in [0.29, 0.717) is 30.6 Å². The maximum atomic E-state index is 12.3. The lowest BCUT2D eigenvalue weighted by atomic mass is 9.96. The Morgan fingerprint density at radius 1 is 1.26 bits per heavy atom. The van der Waals surface area contributed by atoms with Gasteiger partial charge in [-0.15, -0.1) is 0 Å². The number of rotatable bonds is 8. The summed E-state index contributed by atoms with van der Waals surface area (Å²) in [6.45, 7) is 8.78. The van der Waals surface area contributed by atoms with Gasteiger partial charge in [-0.1, -0.05) is 18.2 Å². The second-order valence-corrected chi connectivity index (χ2v) is 8.16. The molecule has 1 aromatic heterocycles. The van der Waals surface area contributed by atoms with Crippen LogP contribution in [-0.4, -0.2) is 40.7 Å². The van der Waals surface area contributed by atoms with Crippen LogP contribution in [0.1, 0.15) is 30.9 Å². The molecule has 0 aliphatic carbocycles. The first-order chi connectivity index (χ1) is 12.8. The van der Waals surface area contributed by atoms with Crippen molar-refractivity contribution in [1.29, 1.82) is 0 Å². The van der Waals surface area contributed by atoms with Crippen LogP contribution in [0, 0.1) is 13.8 Å². The second kappa shape index (κ2) is 9.71. The van der Waals surface area contributed by atoms with E-state index >= 15 is 0 Å². The number of nitrogens with one attached hydrogen (secondary N) is 2. The van der Waals surface area contributed by atoms with E-state index in [-0.39, 0.29) is 6.54 Å². The normalized spacial score (nSPS) is 15.2. The molecule has 1 aromatic carbocycles. The molecular formula is C20H29N3O3S. The molecule has 6 nitrogen and oxygen atoms in total. The lowest BCUT2D eigenvalue weighted by Crippen LogP contribution is -2.40. The molecule has 0 saturated heterocycles. The van der Waals surface area contributed by atoms with Gasteiger partial charge in [-0.05, 0) is 45.9 Å². The number of hydrogen-bond acceptors (Lipinski definition) is 4. The number of aliphatic imine (C=N–C) groups is 1. The number of benzene rings is 1. The lowest BCUT2D eigenvalue weighted by Gasteiger charge is -2.21. The molecule has 0 saturated carbocycles. The Labute approximate surface area is 163 Å². The molecule has 2 unspecified atom stereocenters. The van der Waals surface area contributed by atoms with Crippen LogP contribution in [0.5, 0.6) is 0 Å². The Bertz CT molecular complexity index is 785. The zero-order chi connectivity index (χ0) is 19.9. The predicted octanol–water partition coefficient (Wildman–Crippen LogP) is 2.47. The Morgan fingerprint density at radius 2 is 1.96 bits per heavy atom. The fourth-order valence-corrected chi connectivity index (χ4v) is 3.76. The van der Waals surface area contributed by atoms with Gasteiger partial charge in [0.15, 0.2) is 5.96 Å². The van der Waals surface area contributed by atoms with Crippen molar-refractivity contribution >= 4 is 16.8 Å². The van der Waals surface area contributed by atoms with E-state index in [1.54, 1.807) is 6.92 Å². The van der Waals surface area contributed by atoms with Crippen LogP contribution < -0.4 is 10.6 Å². The molecule has 148 valence electrons. The highest BCUT2D eigenvalue weighted by Crippen LogP contribution is 2.27. The molecule has 2 atom stereocenters. The maximum absolute atomic E-state index is 12.3. The summed E-state index contributed by atoms with van der Waals surface area (Å²) in [5, 5.41) is 17.1. The van der Waals surface area contributed by atoms with Crippen molar-refractivity contribution in [3.05, 3.63) is 53.5 Å². The lowest BCUT2D eigenvalue weighted by molar-refractivity contribution is 0.0657. The molecule has 0 fully saturated rings. The SMILES string of the molecule is CCNC(=NCC(C)(O)c1cc(C)oc1C)NCCS(=O)c1ccccc1. The molecule has 27 heavy (non-hydrogen) atoms. The van der Waals surface area contributed by atoms with Crippen LogP contribution in [0.25, 0.3) is 0 Å². The van der Waals surface area contributed by atoms with E-state index in [0.717, 1.165) is 16.2 Å². The summed E-state index contributed by atoms with van der Waals surface area (Å²) < 4.78 is 17.8. The van der Waals surface area contributed by atoms with Crippen molar-refractivity contribution in [2.24, 2.45) is 4.99 Å². The molecule has 2 aromatic rings. The minimum absolute atomic E-state index is 0.184. The van der Waals surface area contributed by atoms with Gasteiger partial charge >= 0.3 is 0 Å². The number of guanidine groups is 1. The van der Waals surface area contributed by atoms with Crippen LogP contribution in [0.2, 0.25) is 0 Å². The number of nitrogens with zero attached hydrogens (tertiary/aromatic N) is 1. The van der Waals surface area contributed by atoms with E-state index < -0.39 is 16.4 Å². The van der Waals surface area contributed by atoms with Crippen LogP contribution in [0.15, 0.2) is 50.7 Å². The fraction of sp³-hybridized carbons (Fsp3) is 0.450. The first-order valence-electron chi connectivity index (χ1n) is 9.09. The van der Waals surface area contributed by atoms with Gasteiger partial charge in [-0.2, -0.15) is 0 Å². The summed E-state index contributed by atoms with van der Waals surface area (Å²) in [5.74, 6) is 2.52. The summed E-state index contributed by atoms with van der Waals surface area (Å²) in [5.41, 5.74) is -0.387. The average molecular weight is 392 g/mol. The van der Waals surface area contributed by atoms with Crippen molar-refractivity contribution in [2.45, 2.75) is 38.2 Å². The first-order valence-corrected chi connectivity index (χ1v) is 10.4. The summed E-state index contributed by atoms with van der Waals surface area (Å²) in [6.07, 6.45) is 0. The Balaban J connectivity index is 1.95. The summed E-state index contributed by atoms with van der Waals surface area (Å²) in [4.78, 5) is 5.30. The topological polar surface area (TPSA) is 86.9 Å². The van der Waals surface area contributed by atoms with Gasteiger partial charge in [-0.25, -0.2) is 4.99 Å². The number of aryl methyl sites for hydroxylation is 2. The van der Waals surface area contributed by atoms with Gasteiger partial charge in [0.2, 0.25) is 0 Å². The summed E-state index contributed by atoms with van der Waals surface area (Å²) in [7, 11) is -1.06. The van der Waals surface area contributed by atoms with Gasteiger partial charge in [0.25, 0.3) is 0 Å². The smallest absolute Gasteiger partial charge is 0.191 e. The first kappa shape index (κ1) is 21.2. The molecule has 0 bridgehead atoms. The third-order valence-electron chi connectivity index (χ3n) is 4.10. The van der Waals surface area contributed by atoms with Crippen LogP contribution in [0.3, 0.4) is 0 Å². The van der Waals surface area contributed by atoms with Crippen molar-refractivity contribution in [3.63, 3.8) is 0 Å². The van der Waals surface area contributed by atoms with E-state index in [2.05, 4.69) is 15.6 Å². The fourth-order valence-electron chi connectivity index (χ4n) is 2.78. The molecule has 0 amide bonds. The predicted molar refractivity (Wildman–Crippen MR) is 109 cm³/mol. The van der Waals surface area contributed by atoms with E-state index in [1.165, 1.54) is 0 Å². The zero-order valence-electron chi connectivity index (χ0n) is 16.4. The molecule has 3 N–H and O–H groups in total. The maximum Gasteiger partial charge on any atom is 0.191 e. The highest BCUT2D eigenvalue weighted by Gasteiger charge is 2.27. The van der Waals surface area contributed by atoms with E-state index in [9.17, 15) is 9.32 Å². The van der Waals surface area contributed by atoms with Crippen molar-refractivity contribution < 1.29 is 13.7 Å². The summed E-state index contributed by atoms with van der Waals surface area (Å²) >= 11 is 0. The van der Waals surface area contributed by atoms with Crippen LogP contribution in [-0.2, 0) is 16.4 Å². The third kappa shape index (κ3) is 6.22. The average Bonchev–Trinajstić information content (AvgIpc) is 2.99. The molecule has 0 radical (unpaired) electrons. The number of aliphatic hydroxyl groups is 1. The Hall–Kier alpha value is -2.12. The Kier molecular flexibility index (Phi) is 7.62. The van der Waals surface area contributed by atoms with Gasteiger partial charge in [0.1, 0.15) is 17.1 Å². The number of furan rings is 1. The molecule has 0 aliphatic heterocycles. The van der Waals surface area contributed by atoms with E-state index in [4.69, 9.17) is 4.42 Å². The quantitative estimate of drug-likeness (QED) is 0.475. The van der Waals surface area contributed by atoms with Gasteiger partial charge in [0, 0.05) is 29.3 Å². The largest absolute Gasteiger partial charge is 0.466 e. The van der Waals surface area contributed by atoms with Crippen molar-refractivity contribution in [2.75, 3.05) is 25.4 Å². The number of hydrogen-bond donors (Lipinski definition) is 3. The Morgan fingerprint density at radius 3 is 2.56 bits per heavy atom. The van der Waals surface area contributed by atoms with Crippen molar-refractivity contribution in [1.82, 2.24) is 10.6 Å². The second-order valence-electron chi connectivity index (χ2n) is 6.59. The van der Waals surface area contributed by atoms with Crippen molar-refractivity contribution in [3.8, 4) is 0 Å². The van der Waals surface area contributed by atoms with Crippen LogP contribution in [0.4, 0.5) is 0 Å². The van der Waals surface area contributed by atoms with E-state index in [1.807, 2.05) is 57.2 Å². The third-order valence-corrected chi connectivity index (χ3v) is 5.47. The molecule has 2 rings (SSSR count). The minimum atomic E-state index is -1.13.